The van der Waals surface area contributed by atoms with Gasteiger partial charge in [-0.1, -0.05) is 54.6 Å². The van der Waals surface area contributed by atoms with Gasteiger partial charge in [0, 0.05) is 22.5 Å². The van der Waals surface area contributed by atoms with Crippen molar-refractivity contribution in [3.05, 3.63) is 66.9 Å². The first-order valence-electron chi connectivity index (χ1n) is 6.96. The molecule has 0 aliphatic rings. The van der Waals surface area contributed by atoms with E-state index in [4.69, 9.17) is 4.98 Å². The molecule has 3 heterocycles. The Kier molecular flexibility index (Phi) is 1.95. The standard InChI is InChI=1S/C18H11N3/c1-2-6-12(7-3-1)16-17-14-9-5-4-8-13(14)15-10-11-19-18(20-16)21(15)17/h1-11H. The van der Waals surface area contributed by atoms with Crippen molar-refractivity contribution < 1.29 is 0 Å². The minimum Gasteiger partial charge on any atom is -0.276 e. The molecule has 0 aliphatic carbocycles. The fourth-order valence-electron chi connectivity index (χ4n) is 3.14. The van der Waals surface area contributed by atoms with Gasteiger partial charge >= 0.3 is 0 Å². The molecule has 0 saturated heterocycles. The van der Waals surface area contributed by atoms with Gasteiger partial charge in [-0.2, -0.15) is 0 Å². The molecule has 0 spiro atoms. The van der Waals surface area contributed by atoms with E-state index in [9.17, 15) is 0 Å². The van der Waals surface area contributed by atoms with Crippen molar-refractivity contribution >= 4 is 27.6 Å². The highest BCUT2D eigenvalue weighted by Crippen LogP contribution is 2.35. The summed E-state index contributed by atoms with van der Waals surface area (Å²) in [5.74, 6) is 0.762. The summed E-state index contributed by atoms with van der Waals surface area (Å²) in [7, 11) is 0. The Bertz CT molecular complexity index is 1080. The summed E-state index contributed by atoms with van der Waals surface area (Å²) in [5, 5.41) is 2.48. The molecule has 0 aliphatic heterocycles. The molecular weight excluding hydrogens is 258 g/mol. The molecule has 0 bridgehead atoms. The van der Waals surface area contributed by atoms with Crippen LogP contribution in [0.25, 0.3) is 38.8 Å². The number of fused-ring (bicyclic) bond motifs is 3. The monoisotopic (exact) mass is 269 g/mol. The topological polar surface area (TPSA) is 30.2 Å². The van der Waals surface area contributed by atoms with Gasteiger partial charge in [-0.3, -0.25) is 4.40 Å². The van der Waals surface area contributed by atoms with E-state index in [1.54, 1.807) is 0 Å². The predicted octanol–water partition coefficient (Wildman–Crippen LogP) is 4.14. The molecule has 5 rings (SSSR count). The van der Waals surface area contributed by atoms with Gasteiger partial charge in [0.05, 0.1) is 16.7 Å². The number of hydrogen-bond donors (Lipinski definition) is 0. The van der Waals surface area contributed by atoms with Crippen LogP contribution in [0.5, 0.6) is 0 Å². The zero-order chi connectivity index (χ0) is 13.8. The highest BCUT2D eigenvalue weighted by atomic mass is 15.1. The summed E-state index contributed by atoms with van der Waals surface area (Å²) in [6, 6.07) is 20.8. The third kappa shape index (κ3) is 1.32. The molecule has 5 aromatic rings. The Morgan fingerprint density at radius 2 is 1.52 bits per heavy atom. The summed E-state index contributed by atoms with van der Waals surface area (Å²) in [6.07, 6.45) is 1.83. The molecule has 0 radical (unpaired) electrons. The third-order valence-corrected chi connectivity index (χ3v) is 4.03. The number of nitrogens with zero attached hydrogens (tertiary/aromatic N) is 3. The first kappa shape index (κ1) is 10.8. The Morgan fingerprint density at radius 1 is 0.762 bits per heavy atom. The van der Waals surface area contributed by atoms with Crippen molar-refractivity contribution in [1.29, 1.82) is 0 Å². The highest BCUT2D eigenvalue weighted by molar-refractivity contribution is 6.13. The van der Waals surface area contributed by atoms with Crippen LogP contribution in [0.4, 0.5) is 0 Å². The molecule has 0 fully saturated rings. The first-order chi connectivity index (χ1) is 10.4. The summed E-state index contributed by atoms with van der Waals surface area (Å²) < 4.78 is 2.16. The molecule has 0 unspecified atom stereocenters. The van der Waals surface area contributed by atoms with E-state index in [0.29, 0.717) is 0 Å². The van der Waals surface area contributed by atoms with E-state index in [1.165, 1.54) is 16.3 Å². The number of aromatic nitrogens is 3. The fourth-order valence-corrected chi connectivity index (χ4v) is 3.14. The second-order valence-electron chi connectivity index (χ2n) is 5.19. The zero-order valence-electron chi connectivity index (χ0n) is 11.2. The SMILES string of the molecule is c1ccc(-c2nc3nccc4c5ccccc5c2n34)cc1. The van der Waals surface area contributed by atoms with Crippen LogP contribution in [-0.4, -0.2) is 14.4 Å². The van der Waals surface area contributed by atoms with E-state index in [1.807, 2.05) is 24.4 Å². The number of imidazole rings is 1. The molecule has 0 atom stereocenters. The van der Waals surface area contributed by atoms with Crippen LogP contribution in [0, 0.1) is 0 Å². The van der Waals surface area contributed by atoms with Gasteiger partial charge in [0.2, 0.25) is 5.78 Å². The lowest BCUT2D eigenvalue weighted by Gasteiger charge is -1.96. The van der Waals surface area contributed by atoms with Crippen molar-refractivity contribution in [2.24, 2.45) is 0 Å². The third-order valence-electron chi connectivity index (χ3n) is 4.03. The molecule has 0 saturated carbocycles. The van der Waals surface area contributed by atoms with Crippen molar-refractivity contribution in [2.75, 3.05) is 0 Å². The molecule has 3 nitrogen and oxygen atoms in total. The Labute approximate surface area is 120 Å². The van der Waals surface area contributed by atoms with Gasteiger partial charge in [0.15, 0.2) is 0 Å². The van der Waals surface area contributed by atoms with Crippen LogP contribution in [0.15, 0.2) is 66.9 Å². The van der Waals surface area contributed by atoms with Crippen molar-refractivity contribution in [3.8, 4) is 11.3 Å². The molecule has 98 valence electrons. The zero-order valence-corrected chi connectivity index (χ0v) is 11.2. The smallest absolute Gasteiger partial charge is 0.235 e. The van der Waals surface area contributed by atoms with E-state index in [2.05, 4.69) is 51.8 Å². The van der Waals surface area contributed by atoms with Crippen LogP contribution >= 0.6 is 0 Å². The van der Waals surface area contributed by atoms with Gasteiger partial charge in [-0.15, -0.1) is 0 Å². The molecule has 2 aromatic carbocycles. The van der Waals surface area contributed by atoms with Crippen LogP contribution in [0.1, 0.15) is 0 Å². The van der Waals surface area contributed by atoms with Crippen LogP contribution in [0.2, 0.25) is 0 Å². The van der Waals surface area contributed by atoms with Crippen LogP contribution in [-0.2, 0) is 0 Å². The number of benzene rings is 2. The molecule has 0 amide bonds. The fraction of sp³-hybridized carbons (Fsp3) is 0. The maximum absolute atomic E-state index is 4.75. The van der Waals surface area contributed by atoms with Gasteiger partial charge < -0.3 is 0 Å². The summed E-state index contributed by atoms with van der Waals surface area (Å²) >= 11 is 0. The lowest BCUT2D eigenvalue weighted by atomic mass is 10.1. The summed E-state index contributed by atoms with van der Waals surface area (Å²) in [6.45, 7) is 0. The molecule has 0 N–H and O–H groups in total. The average Bonchev–Trinajstić information content (AvgIpc) is 3.10. The average molecular weight is 269 g/mol. The number of rotatable bonds is 1. The van der Waals surface area contributed by atoms with E-state index in [0.717, 1.165) is 22.6 Å². The van der Waals surface area contributed by atoms with Crippen LogP contribution in [0.3, 0.4) is 0 Å². The van der Waals surface area contributed by atoms with Crippen molar-refractivity contribution in [3.63, 3.8) is 0 Å². The Balaban J connectivity index is 2.07. The number of hydrogen-bond acceptors (Lipinski definition) is 2. The molecule has 3 aromatic heterocycles. The molecular formula is C18H11N3. The lowest BCUT2D eigenvalue weighted by Crippen LogP contribution is -1.85. The van der Waals surface area contributed by atoms with Gasteiger partial charge in [0.1, 0.15) is 0 Å². The first-order valence-corrected chi connectivity index (χ1v) is 6.96. The molecule has 3 heteroatoms. The predicted molar refractivity (Wildman–Crippen MR) is 84.6 cm³/mol. The van der Waals surface area contributed by atoms with E-state index >= 15 is 0 Å². The maximum atomic E-state index is 4.75. The Hall–Kier alpha value is -2.94. The molecule has 21 heavy (non-hydrogen) atoms. The van der Waals surface area contributed by atoms with Crippen LogP contribution < -0.4 is 0 Å². The van der Waals surface area contributed by atoms with E-state index in [-0.39, 0.29) is 0 Å². The van der Waals surface area contributed by atoms with Gasteiger partial charge in [-0.05, 0) is 6.07 Å². The van der Waals surface area contributed by atoms with Gasteiger partial charge in [-0.25, -0.2) is 9.97 Å². The largest absolute Gasteiger partial charge is 0.276 e. The second kappa shape index (κ2) is 3.79. The van der Waals surface area contributed by atoms with Crippen molar-refractivity contribution in [1.82, 2.24) is 14.4 Å². The quantitative estimate of drug-likeness (QED) is 0.458. The normalized spacial score (nSPS) is 11.8. The lowest BCUT2D eigenvalue weighted by molar-refractivity contribution is 1.19. The maximum Gasteiger partial charge on any atom is 0.235 e. The van der Waals surface area contributed by atoms with Crippen molar-refractivity contribution in [2.45, 2.75) is 0 Å². The summed E-state index contributed by atoms with van der Waals surface area (Å²) in [5.41, 5.74) is 4.44. The summed E-state index contributed by atoms with van der Waals surface area (Å²) in [4.78, 5) is 9.17. The Morgan fingerprint density at radius 3 is 2.38 bits per heavy atom. The van der Waals surface area contributed by atoms with Gasteiger partial charge in [0.25, 0.3) is 0 Å². The second-order valence-corrected chi connectivity index (χ2v) is 5.19. The minimum atomic E-state index is 0.762. The van der Waals surface area contributed by atoms with E-state index < -0.39 is 0 Å². The highest BCUT2D eigenvalue weighted by Gasteiger charge is 2.18. The minimum absolute atomic E-state index is 0.762.